The highest BCUT2D eigenvalue weighted by Gasteiger charge is 2.30. The minimum Gasteiger partial charge on any atom is -0.336 e. The second kappa shape index (κ2) is 5.09. The van der Waals surface area contributed by atoms with E-state index in [1.165, 1.54) is 0 Å². The van der Waals surface area contributed by atoms with Crippen LogP contribution in [0.3, 0.4) is 0 Å². The van der Waals surface area contributed by atoms with Gasteiger partial charge >= 0.3 is 6.18 Å². The highest BCUT2D eigenvalue weighted by Crippen LogP contribution is 2.16. The first-order chi connectivity index (χ1) is 5.89. The van der Waals surface area contributed by atoms with Crippen molar-refractivity contribution in [2.75, 3.05) is 13.1 Å². The highest BCUT2D eigenvalue weighted by molar-refractivity contribution is 5.47. The third kappa shape index (κ3) is 6.42. The standard InChI is InChI=1S/C8H14F3NO/c1-3-7(2)4-12(6-13)5-8(9,10)11/h6-7H,3-5H2,1-2H3. The van der Waals surface area contributed by atoms with E-state index in [1.807, 2.05) is 13.8 Å². The molecule has 0 rings (SSSR count). The van der Waals surface area contributed by atoms with E-state index >= 15 is 0 Å². The summed E-state index contributed by atoms with van der Waals surface area (Å²) in [6.45, 7) is 2.70. The van der Waals surface area contributed by atoms with E-state index in [0.717, 1.165) is 11.3 Å². The molecule has 1 amide bonds. The number of hydrogen-bond acceptors (Lipinski definition) is 1. The molecule has 2 nitrogen and oxygen atoms in total. The molecule has 0 bridgehead atoms. The smallest absolute Gasteiger partial charge is 0.336 e. The summed E-state index contributed by atoms with van der Waals surface area (Å²) in [6, 6.07) is 0. The summed E-state index contributed by atoms with van der Waals surface area (Å²) in [5.41, 5.74) is 0. The zero-order valence-corrected chi connectivity index (χ0v) is 7.77. The van der Waals surface area contributed by atoms with Gasteiger partial charge in [0.05, 0.1) is 0 Å². The zero-order valence-electron chi connectivity index (χ0n) is 7.77. The van der Waals surface area contributed by atoms with Gasteiger partial charge < -0.3 is 4.90 Å². The van der Waals surface area contributed by atoms with Crippen LogP contribution in [0.5, 0.6) is 0 Å². The summed E-state index contributed by atoms with van der Waals surface area (Å²) >= 11 is 0. The summed E-state index contributed by atoms with van der Waals surface area (Å²) in [5.74, 6) is 0.104. The largest absolute Gasteiger partial charge is 0.406 e. The molecule has 0 saturated carbocycles. The van der Waals surface area contributed by atoms with Gasteiger partial charge in [-0.15, -0.1) is 0 Å². The highest BCUT2D eigenvalue weighted by atomic mass is 19.4. The summed E-state index contributed by atoms with van der Waals surface area (Å²) in [6.07, 6.45) is -3.28. The molecule has 0 fully saturated rings. The van der Waals surface area contributed by atoms with E-state index in [9.17, 15) is 18.0 Å². The quantitative estimate of drug-likeness (QED) is 0.618. The Morgan fingerprint density at radius 3 is 2.31 bits per heavy atom. The predicted molar refractivity (Wildman–Crippen MR) is 43.1 cm³/mol. The zero-order chi connectivity index (χ0) is 10.5. The molecule has 0 aliphatic carbocycles. The Bertz CT molecular complexity index is 158. The minimum atomic E-state index is -4.30. The second-order valence-electron chi connectivity index (χ2n) is 3.16. The molecule has 78 valence electrons. The number of alkyl halides is 3. The van der Waals surface area contributed by atoms with Crippen molar-refractivity contribution in [2.24, 2.45) is 5.92 Å². The first-order valence-electron chi connectivity index (χ1n) is 4.15. The molecule has 1 atom stereocenters. The van der Waals surface area contributed by atoms with Crippen LogP contribution in [0.1, 0.15) is 20.3 Å². The van der Waals surface area contributed by atoms with Crippen LogP contribution in [0.4, 0.5) is 13.2 Å². The molecule has 0 spiro atoms. The third-order valence-corrected chi connectivity index (χ3v) is 1.77. The van der Waals surface area contributed by atoms with E-state index in [4.69, 9.17) is 0 Å². The van der Waals surface area contributed by atoms with Gasteiger partial charge in [-0.05, 0) is 5.92 Å². The number of hydrogen-bond donors (Lipinski definition) is 0. The van der Waals surface area contributed by atoms with E-state index in [-0.39, 0.29) is 18.9 Å². The fraction of sp³-hybridized carbons (Fsp3) is 0.875. The third-order valence-electron chi connectivity index (χ3n) is 1.77. The first kappa shape index (κ1) is 12.3. The molecule has 0 N–H and O–H groups in total. The number of amides is 1. The lowest BCUT2D eigenvalue weighted by Gasteiger charge is -2.21. The predicted octanol–water partition coefficient (Wildman–Crippen LogP) is 2.05. The number of carbonyl (C=O) groups is 1. The molecule has 13 heavy (non-hydrogen) atoms. The van der Waals surface area contributed by atoms with Crippen molar-refractivity contribution in [1.29, 1.82) is 0 Å². The monoisotopic (exact) mass is 197 g/mol. The molecule has 0 aliphatic rings. The molecule has 0 aromatic heterocycles. The fourth-order valence-corrected chi connectivity index (χ4v) is 0.905. The normalized spacial score (nSPS) is 13.9. The van der Waals surface area contributed by atoms with Gasteiger partial charge in [0.2, 0.25) is 6.41 Å². The van der Waals surface area contributed by atoms with E-state index in [0.29, 0.717) is 0 Å². The van der Waals surface area contributed by atoms with Crippen molar-refractivity contribution in [3.63, 3.8) is 0 Å². The first-order valence-corrected chi connectivity index (χ1v) is 4.15. The van der Waals surface area contributed by atoms with Gasteiger partial charge in [-0.2, -0.15) is 13.2 Å². The van der Waals surface area contributed by atoms with Crippen molar-refractivity contribution in [2.45, 2.75) is 26.4 Å². The number of nitrogens with zero attached hydrogens (tertiary/aromatic N) is 1. The van der Waals surface area contributed by atoms with Crippen molar-refractivity contribution in [3.8, 4) is 0 Å². The van der Waals surface area contributed by atoms with Crippen LogP contribution >= 0.6 is 0 Å². The van der Waals surface area contributed by atoms with Crippen molar-refractivity contribution in [3.05, 3.63) is 0 Å². The maximum atomic E-state index is 11.8. The molecule has 1 unspecified atom stereocenters. The Labute approximate surface area is 75.7 Å². The van der Waals surface area contributed by atoms with Crippen LogP contribution in [0.15, 0.2) is 0 Å². The lowest BCUT2D eigenvalue weighted by atomic mass is 10.1. The Morgan fingerprint density at radius 1 is 1.46 bits per heavy atom. The lowest BCUT2D eigenvalue weighted by molar-refractivity contribution is -0.154. The average molecular weight is 197 g/mol. The summed E-state index contributed by atoms with van der Waals surface area (Å²) in [4.78, 5) is 11.0. The minimum absolute atomic E-state index is 0.104. The van der Waals surface area contributed by atoms with Gasteiger partial charge in [-0.3, -0.25) is 4.79 Å². The molecule has 0 saturated heterocycles. The van der Waals surface area contributed by atoms with Gasteiger partial charge in [0.1, 0.15) is 6.54 Å². The van der Waals surface area contributed by atoms with Gasteiger partial charge in [0.15, 0.2) is 0 Å². The molecule has 0 heterocycles. The maximum Gasteiger partial charge on any atom is 0.406 e. The number of halogens is 3. The van der Waals surface area contributed by atoms with Gasteiger partial charge in [-0.25, -0.2) is 0 Å². The summed E-state index contributed by atoms with van der Waals surface area (Å²) in [5, 5.41) is 0. The summed E-state index contributed by atoms with van der Waals surface area (Å²) in [7, 11) is 0. The van der Waals surface area contributed by atoms with Crippen molar-refractivity contribution >= 4 is 6.41 Å². The fourth-order valence-electron chi connectivity index (χ4n) is 0.905. The van der Waals surface area contributed by atoms with Crippen LogP contribution in [0.25, 0.3) is 0 Å². The van der Waals surface area contributed by atoms with E-state index < -0.39 is 12.7 Å². The Kier molecular flexibility index (Phi) is 4.80. The Morgan fingerprint density at radius 2 is 2.00 bits per heavy atom. The van der Waals surface area contributed by atoms with Crippen LogP contribution < -0.4 is 0 Å². The number of carbonyl (C=O) groups excluding carboxylic acids is 1. The average Bonchev–Trinajstić information content (AvgIpc) is 2.00. The van der Waals surface area contributed by atoms with Gasteiger partial charge in [0.25, 0.3) is 0 Å². The van der Waals surface area contributed by atoms with Crippen molar-refractivity contribution in [1.82, 2.24) is 4.90 Å². The number of rotatable bonds is 5. The van der Waals surface area contributed by atoms with Crippen LogP contribution in [-0.2, 0) is 4.79 Å². The molecule has 0 radical (unpaired) electrons. The molecule has 5 heteroatoms. The maximum absolute atomic E-state index is 11.8. The molecule has 0 aromatic rings. The van der Waals surface area contributed by atoms with Crippen LogP contribution in [0.2, 0.25) is 0 Å². The lowest BCUT2D eigenvalue weighted by Crippen LogP contribution is -2.35. The van der Waals surface area contributed by atoms with E-state index in [2.05, 4.69) is 0 Å². The van der Waals surface area contributed by atoms with Gasteiger partial charge in [0, 0.05) is 6.54 Å². The molecular formula is C8H14F3NO. The van der Waals surface area contributed by atoms with Crippen LogP contribution in [-0.4, -0.2) is 30.6 Å². The SMILES string of the molecule is CCC(C)CN(C=O)CC(F)(F)F. The summed E-state index contributed by atoms with van der Waals surface area (Å²) < 4.78 is 35.5. The molecule has 0 aromatic carbocycles. The van der Waals surface area contributed by atoms with Gasteiger partial charge in [-0.1, -0.05) is 20.3 Å². The topological polar surface area (TPSA) is 20.3 Å². The molecule has 0 aliphatic heterocycles. The Balaban J connectivity index is 3.97. The van der Waals surface area contributed by atoms with E-state index in [1.54, 1.807) is 0 Å². The Hall–Kier alpha value is -0.740. The molecular weight excluding hydrogens is 183 g/mol. The van der Waals surface area contributed by atoms with Crippen LogP contribution in [0, 0.1) is 5.92 Å². The second-order valence-corrected chi connectivity index (χ2v) is 3.16. The van der Waals surface area contributed by atoms with Crippen molar-refractivity contribution < 1.29 is 18.0 Å².